The molecule has 0 saturated carbocycles. The molecule has 1 N–H and O–H groups in total. The number of hydrogen-bond acceptors (Lipinski definition) is 4. The number of ether oxygens (including phenoxy) is 1. The third-order valence-electron chi connectivity index (χ3n) is 3.25. The topological polar surface area (TPSA) is 68.5 Å². The first-order chi connectivity index (χ1) is 10.7. The average Bonchev–Trinajstić information content (AvgIpc) is 2.55. The van der Waals surface area contributed by atoms with Gasteiger partial charge in [-0.3, -0.25) is 9.59 Å². The smallest absolute Gasteiger partial charge is 0.262 e. The highest BCUT2D eigenvalue weighted by atomic mass is 16.5. The Balaban J connectivity index is 1.95. The Morgan fingerprint density at radius 2 is 1.95 bits per heavy atom. The Morgan fingerprint density at radius 3 is 2.77 bits per heavy atom. The quantitative estimate of drug-likeness (QED) is 0.806. The van der Waals surface area contributed by atoms with Crippen LogP contribution in [0.2, 0.25) is 0 Å². The molecular formula is C17H13NO4. The van der Waals surface area contributed by atoms with Gasteiger partial charge in [-0.15, -0.1) is 0 Å². The maximum absolute atomic E-state index is 12.3. The van der Waals surface area contributed by atoms with Gasteiger partial charge in [-0.2, -0.15) is 0 Å². The van der Waals surface area contributed by atoms with Crippen LogP contribution in [0, 0.1) is 0 Å². The molecule has 110 valence electrons. The van der Waals surface area contributed by atoms with Gasteiger partial charge < -0.3 is 14.5 Å². The van der Waals surface area contributed by atoms with Gasteiger partial charge in [0.1, 0.15) is 23.2 Å². The molecule has 22 heavy (non-hydrogen) atoms. The van der Waals surface area contributed by atoms with Crippen molar-refractivity contribution in [1.29, 1.82) is 0 Å². The number of fused-ring (bicyclic) bond motifs is 1. The molecule has 0 aliphatic carbocycles. The lowest BCUT2D eigenvalue weighted by Gasteiger charge is -2.07. The normalized spacial score (nSPS) is 10.4. The van der Waals surface area contributed by atoms with Gasteiger partial charge in [0.2, 0.25) is 5.43 Å². The maximum atomic E-state index is 12.3. The van der Waals surface area contributed by atoms with Crippen LogP contribution in [0.15, 0.2) is 64.0 Å². The molecule has 0 saturated heterocycles. The molecule has 0 radical (unpaired) electrons. The van der Waals surface area contributed by atoms with E-state index in [0.29, 0.717) is 22.4 Å². The van der Waals surface area contributed by atoms with Crippen molar-refractivity contribution in [2.24, 2.45) is 0 Å². The number of methoxy groups -OCH3 is 1. The number of amides is 1. The fraction of sp³-hybridized carbons (Fsp3) is 0.0588. The van der Waals surface area contributed by atoms with Crippen LogP contribution in [-0.4, -0.2) is 13.0 Å². The Kier molecular flexibility index (Phi) is 3.62. The summed E-state index contributed by atoms with van der Waals surface area (Å²) in [6.07, 6.45) is 1.18. The van der Waals surface area contributed by atoms with E-state index in [2.05, 4.69) is 5.32 Å². The predicted molar refractivity (Wildman–Crippen MR) is 83.4 cm³/mol. The third kappa shape index (κ3) is 2.56. The second-order valence-corrected chi connectivity index (χ2v) is 4.66. The Morgan fingerprint density at radius 1 is 1.14 bits per heavy atom. The van der Waals surface area contributed by atoms with Crippen LogP contribution in [-0.2, 0) is 0 Å². The maximum Gasteiger partial charge on any atom is 0.262 e. The summed E-state index contributed by atoms with van der Waals surface area (Å²) in [5, 5.41) is 3.04. The van der Waals surface area contributed by atoms with E-state index in [0.717, 1.165) is 0 Å². The van der Waals surface area contributed by atoms with E-state index in [1.165, 1.54) is 6.26 Å². The highest BCUT2D eigenvalue weighted by Crippen LogP contribution is 2.17. The lowest BCUT2D eigenvalue weighted by molar-refractivity contribution is 0.102. The molecule has 3 rings (SSSR count). The summed E-state index contributed by atoms with van der Waals surface area (Å²) in [5.74, 6) is 0.0936. The molecule has 0 atom stereocenters. The highest BCUT2D eigenvalue weighted by Gasteiger charge is 2.14. The summed E-state index contributed by atoms with van der Waals surface area (Å²) in [4.78, 5) is 24.6. The number of benzene rings is 2. The van der Waals surface area contributed by atoms with Crippen molar-refractivity contribution in [1.82, 2.24) is 0 Å². The minimum atomic E-state index is -0.521. The Hall–Kier alpha value is -3.08. The Bertz CT molecular complexity index is 898. The molecule has 3 aromatic rings. The van der Waals surface area contributed by atoms with E-state index in [1.54, 1.807) is 55.6 Å². The standard InChI is InChI=1S/C17H13NO4/c1-21-12-6-4-5-11(9-12)18-17(20)14-10-22-15-8-3-2-7-13(15)16(14)19/h2-10H,1H3,(H,18,20). The van der Waals surface area contributed by atoms with Crippen molar-refractivity contribution in [3.05, 3.63) is 70.6 Å². The largest absolute Gasteiger partial charge is 0.497 e. The van der Waals surface area contributed by atoms with Crippen molar-refractivity contribution < 1.29 is 13.9 Å². The molecule has 0 fully saturated rings. The van der Waals surface area contributed by atoms with Crippen LogP contribution < -0.4 is 15.5 Å². The van der Waals surface area contributed by atoms with Gasteiger partial charge in [0.15, 0.2) is 0 Å². The number of carbonyl (C=O) groups excluding carboxylic acids is 1. The molecule has 5 heteroatoms. The van der Waals surface area contributed by atoms with E-state index >= 15 is 0 Å². The molecule has 1 amide bonds. The molecule has 5 nitrogen and oxygen atoms in total. The van der Waals surface area contributed by atoms with Gasteiger partial charge in [0, 0.05) is 11.8 Å². The summed E-state index contributed by atoms with van der Waals surface area (Å²) in [5.41, 5.74) is 0.589. The van der Waals surface area contributed by atoms with Crippen LogP contribution >= 0.6 is 0 Å². The van der Waals surface area contributed by atoms with Crippen molar-refractivity contribution >= 4 is 22.6 Å². The number of rotatable bonds is 3. The molecule has 0 aliphatic rings. The van der Waals surface area contributed by atoms with Crippen LogP contribution in [0.25, 0.3) is 11.0 Å². The van der Waals surface area contributed by atoms with Crippen LogP contribution in [0.3, 0.4) is 0 Å². The van der Waals surface area contributed by atoms with Crippen LogP contribution in [0.1, 0.15) is 10.4 Å². The number of carbonyl (C=O) groups is 1. The van der Waals surface area contributed by atoms with E-state index in [9.17, 15) is 9.59 Å². The number of hydrogen-bond donors (Lipinski definition) is 1. The predicted octanol–water partition coefficient (Wildman–Crippen LogP) is 3.05. The van der Waals surface area contributed by atoms with Gasteiger partial charge in [-0.25, -0.2) is 0 Å². The first kappa shape index (κ1) is 13.9. The molecule has 0 aliphatic heterocycles. The highest BCUT2D eigenvalue weighted by molar-refractivity contribution is 6.05. The first-order valence-corrected chi connectivity index (χ1v) is 6.65. The number of anilines is 1. The van der Waals surface area contributed by atoms with Gasteiger partial charge in [-0.1, -0.05) is 18.2 Å². The SMILES string of the molecule is COc1cccc(NC(=O)c2coc3ccccc3c2=O)c1. The minimum absolute atomic E-state index is 0.0403. The average molecular weight is 295 g/mol. The summed E-state index contributed by atoms with van der Waals surface area (Å²) in [6.45, 7) is 0. The molecule has 0 bridgehead atoms. The van der Waals surface area contributed by atoms with Gasteiger partial charge in [0.05, 0.1) is 12.5 Å². The minimum Gasteiger partial charge on any atom is -0.497 e. The zero-order valence-electron chi connectivity index (χ0n) is 11.8. The zero-order valence-corrected chi connectivity index (χ0v) is 11.8. The lowest BCUT2D eigenvalue weighted by atomic mass is 10.1. The summed E-state index contributed by atoms with van der Waals surface area (Å²) < 4.78 is 10.4. The fourth-order valence-electron chi connectivity index (χ4n) is 2.13. The molecule has 2 aromatic carbocycles. The second kappa shape index (κ2) is 5.73. The van der Waals surface area contributed by atoms with Gasteiger partial charge in [-0.05, 0) is 24.3 Å². The fourth-order valence-corrected chi connectivity index (χ4v) is 2.13. The molecule has 1 aromatic heterocycles. The monoisotopic (exact) mass is 295 g/mol. The van der Waals surface area contributed by atoms with Crippen molar-refractivity contribution in [2.45, 2.75) is 0 Å². The zero-order chi connectivity index (χ0) is 15.5. The Labute approximate surface area is 126 Å². The second-order valence-electron chi connectivity index (χ2n) is 4.66. The van der Waals surface area contributed by atoms with E-state index < -0.39 is 5.91 Å². The van der Waals surface area contributed by atoms with Crippen LogP contribution in [0.4, 0.5) is 5.69 Å². The number of para-hydroxylation sites is 1. The van der Waals surface area contributed by atoms with Crippen molar-refractivity contribution in [3.8, 4) is 5.75 Å². The number of nitrogens with one attached hydrogen (secondary N) is 1. The summed E-state index contributed by atoms with van der Waals surface area (Å²) in [7, 11) is 1.54. The van der Waals surface area contributed by atoms with Gasteiger partial charge >= 0.3 is 0 Å². The van der Waals surface area contributed by atoms with Crippen molar-refractivity contribution in [3.63, 3.8) is 0 Å². The molecule has 0 spiro atoms. The first-order valence-electron chi connectivity index (χ1n) is 6.65. The van der Waals surface area contributed by atoms with Gasteiger partial charge in [0.25, 0.3) is 5.91 Å². The van der Waals surface area contributed by atoms with E-state index in [-0.39, 0.29) is 11.0 Å². The van der Waals surface area contributed by atoms with Crippen molar-refractivity contribution in [2.75, 3.05) is 12.4 Å². The third-order valence-corrected chi connectivity index (χ3v) is 3.25. The molecular weight excluding hydrogens is 282 g/mol. The lowest BCUT2D eigenvalue weighted by Crippen LogP contribution is -2.21. The van der Waals surface area contributed by atoms with Crippen LogP contribution in [0.5, 0.6) is 5.75 Å². The van der Waals surface area contributed by atoms with E-state index in [1.807, 2.05) is 0 Å². The summed E-state index contributed by atoms with van der Waals surface area (Å²) >= 11 is 0. The molecule has 1 heterocycles. The molecule has 0 unspecified atom stereocenters. The van der Waals surface area contributed by atoms with E-state index in [4.69, 9.17) is 9.15 Å². The summed E-state index contributed by atoms with van der Waals surface area (Å²) in [6, 6.07) is 13.7.